The number of hydrogen-bond acceptors (Lipinski definition) is 2. The number of benzene rings is 2. The molecule has 0 saturated carbocycles. The van der Waals surface area contributed by atoms with Crippen molar-refractivity contribution in [3.05, 3.63) is 62.0 Å². The van der Waals surface area contributed by atoms with E-state index in [1.54, 1.807) is 30.3 Å². The normalized spacial score (nSPS) is 10.4. The van der Waals surface area contributed by atoms with Crippen molar-refractivity contribution < 1.29 is 9.53 Å². The van der Waals surface area contributed by atoms with Gasteiger partial charge in [0.05, 0.1) is 17.2 Å². The predicted octanol–water partition coefficient (Wildman–Crippen LogP) is 5.39. The van der Waals surface area contributed by atoms with Crippen LogP contribution in [0.15, 0.2) is 40.9 Å². The minimum atomic E-state index is -0.198. The maximum atomic E-state index is 12.6. The van der Waals surface area contributed by atoms with Crippen LogP contribution in [0.3, 0.4) is 0 Å². The van der Waals surface area contributed by atoms with Crippen molar-refractivity contribution in [2.75, 3.05) is 6.61 Å². The van der Waals surface area contributed by atoms with Crippen LogP contribution >= 0.6 is 39.1 Å². The second-order valence-corrected chi connectivity index (χ2v) is 5.79. The fourth-order valence-electron chi connectivity index (χ4n) is 1.78. The molecule has 0 aliphatic heterocycles. The average molecular weight is 374 g/mol. The summed E-state index contributed by atoms with van der Waals surface area (Å²) in [6.45, 7) is 2.35. The highest BCUT2D eigenvalue weighted by Gasteiger charge is 2.18. The maximum absolute atomic E-state index is 12.6. The van der Waals surface area contributed by atoms with Crippen molar-refractivity contribution in [3.8, 4) is 5.75 Å². The van der Waals surface area contributed by atoms with Crippen molar-refractivity contribution in [1.29, 1.82) is 0 Å². The monoisotopic (exact) mass is 372 g/mol. The molecule has 0 heterocycles. The van der Waals surface area contributed by atoms with Gasteiger partial charge in [-0.05, 0) is 43.3 Å². The quantitative estimate of drug-likeness (QED) is 0.672. The van der Waals surface area contributed by atoms with Gasteiger partial charge in [0.25, 0.3) is 0 Å². The molecular weight excluding hydrogens is 363 g/mol. The summed E-state index contributed by atoms with van der Waals surface area (Å²) in [6, 6.07) is 10.1. The van der Waals surface area contributed by atoms with E-state index in [0.717, 1.165) is 4.47 Å². The van der Waals surface area contributed by atoms with E-state index in [-0.39, 0.29) is 5.78 Å². The van der Waals surface area contributed by atoms with Crippen LogP contribution in [0.25, 0.3) is 0 Å². The molecule has 2 rings (SSSR count). The summed E-state index contributed by atoms with van der Waals surface area (Å²) < 4.78 is 6.29. The summed E-state index contributed by atoms with van der Waals surface area (Å²) in [5.74, 6) is 0.336. The largest absolute Gasteiger partial charge is 0.493 e. The molecule has 0 spiro atoms. The Bertz CT molecular complexity index is 656. The molecule has 0 amide bonds. The highest BCUT2D eigenvalue weighted by Crippen LogP contribution is 2.29. The van der Waals surface area contributed by atoms with Crippen molar-refractivity contribution >= 4 is 44.9 Å². The van der Waals surface area contributed by atoms with Gasteiger partial charge in [-0.2, -0.15) is 0 Å². The van der Waals surface area contributed by atoms with Gasteiger partial charge in [0.15, 0.2) is 5.78 Å². The molecule has 0 N–H and O–H groups in total. The zero-order valence-electron chi connectivity index (χ0n) is 10.6. The summed E-state index contributed by atoms with van der Waals surface area (Å²) in [6.07, 6.45) is 0. The van der Waals surface area contributed by atoms with Crippen LogP contribution in [0.1, 0.15) is 22.8 Å². The first kappa shape index (κ1) is 15.4. The Hall–Kier alpha value is -1.03. The number of halogens is 3. The van der Waals surface area contributed by atoms with Crippen LogP contribution in [0.5, 0.6) is 5.75 Å². The minimum Gasteiger partial charge on any atom is -0.493 e. The molecule has 0 aliphatic carbocycles. The average Bonchev–Trinajstić information content (AvgIpc) is 2.40. The Balaban J connectivity index is 2.49. The lowest BCUT2D eigenvalue weighted by Crippen LogP contribution is -2.06. The lowest BCUT2D eigenvalue weighted by molar-refractivity contribution is 0.103. The van der Waals surface area contributed by atoms with Crippen LogP contribution in [-0.4, -0.2) is 12.4 Å². The lowest BCUT2D eigenvalue weighted by atomic mass is 10.0. The maximum Gasteiger partial charge on any atom is 0.198 e. The molecule has 104 valence electrons. The third-order valence-electron chi connectivity index (χ3n) is 2.66. The van der Waals surface area contributed by atoms with Gasteiger partial charge in [0.2, 0.25) is 0 Å². The molecular formula is C15H11BrCl2O2. The van der Waals surface area contributed by atoms with E-state index in [4.69, 9.17) is 27.9 Å². The number of rotatable bonds is 4. The summed E-state index contributed by atoms with van der Waals surface area (Å²) in [5, 5.41) is 0.816. The van der Waals surface area contributed by atoms with Gasteiger partial charge in [-0.15, -0.1) is 0 Å². The summed E-state index contributed by atoms with van der Waals surface area (Å²) in [4.78, 5) is 12.6. The first-order valence-electron chi connectivity index (χ1n) is 5.95. The van der Waals surface area contributed by atoms with Gasteiger partial charge < -0.3 is 4.74 Å². The van der Waals surface area contributed by atoms with E-state index in [1.807, 2.05) is 13.0 Å². The lowest BCUT2D eigenvalue weighted by Gasteiger charge is -2.11. The second kappa shape index (κ2) is 6.61. The number of carbonyl (C=O) groups is 1. The van der Waals surface area contributed by atoms with E-state index in [2.05, 4.69) is 15.9 Å². The Morgan fingerprint density at radius 3 is 2.55 bits per heavy atom. The fraction of sp³-hybridized carbons (Fsp3) is 0.133. The van der Waals surface area contributed by atoms with Crippen LogP contribution in [0.2, 0.25) is 10.0 Å². The van der Waals surface area contributed by atoms with Gasteiger partial charge in [0, 0.05) is 15.1 Å². The Kier molecular flexibility index (Phi) is 5.08. The first-order valence-corrected chi connectivity index (χ1v) is 7.50. The predicted molar refractivity (Wildman–Crippen MR) is 85.2 cm³/mol. The molecule has 2 nitrogen and oxygen atoms in total. The van der Waals surface area contributed by atoms with Crippen molar-refractivity contribution in [2.24, 2.45) is 0 Å². The van der Waals surface area contributed by atoms with Crippen LogP contribution < -0.4 is 4.74 Å². The van der Waals surface area contributed by atoms with Crippen LogP contribution in [0, 0.1) is 0 Å². The van der Waals surface area contributed by atoms with E-state index in [1.165, 1.54) is 0 Å². The van der Waals surface area contributed by atoms with E-state index >= 15 is 0 Å². The summed E-state index contributed by atoms with van der Waals surface area (Å²) in [7, 11) is 0. The summed E-state index contributed by atoms with van der Waals surface area (Å²) >= 11 is 15.3. The number of carbonyl (C=O) groups excluding carboxylic acids is 1. The third-order valence-corrected chi connectivity index (χ3v) is 3.70. The van der Waals surface area contributed by atoms with Gasteiger partial charge in [-0.3, -0.25) is 4.79 Å². The fourth-order valence-corrected chi connectivity index (χ4v) is 2.64. The van der Waals surface area contributed by atoms with Crippen molar-refractivity contribution in [3.63, 3.8) is 0 Å². The third kappa shape index (κ3) is 3.35. The molecule has 0 fully saturated rings. The summed E-state index contributed by atoms with van der Waals surface area (Å²) in [5.41, 5.74) is 0.862. The van der Waals surface area contributed by atoms with Crippen molar-refractivity contribution in [2.45, 2.75) is 6.92 Å². The van der Waals surface area contributed by atoms with Gasteiger partial charge >= 0.3 is 0 Å². The number of hydrogen-bond donors (Lipinski definition) is 0. The molecule has 2 aromatic rings. The molecule has 0 saturated heterocycles. The highest BCUT2D eigenvalue weighted by molar-refractivity contribution is 9.10. The molecule has 0 unspecified atom stereocenters. The second-order valence-electron chi connectivity index (χ2n) is 4.03. The molecule has 0 radical (unpaired) electrons. The van der Waals surface area contributed by atoms with E-state index < -0.39 is 0 Å². The molecule has 2 aromatic carbocycles. The topological polar surface area (TPSA) is 26.3 Å². The molecule has 0 aliphatic rings. The Morgan fingerprint density at radius 1 is 1.15 bits per heavy atom. The number of ketones is 1. The minimum absolute atomic E-state index is 0.198. The van der Waals surface area contributed by atoms with E-state index in [9.17, 15) is 4.79 Å². The zero-order chi connectivity index (χ0) is 14.7. The smallest absolute Gasteiger partial charge is 0.198 e. The van der Waals surface area contributed by atoms with Crippen LogP contribution in [0.4, 0.5) is 0 Å². The molecule has 0 bridgehead atoms. The Labute approximate surface area is 135 Å². The SMILES string of the molecule is CCOc1ccc(Br)cc1C(=O)c1ccc(Cl)cc1Cl. The molecule has 5 heteroatoms. The highest BCUT2D eigenvalue weighted by atomic mass is 79.9. The zero-order valence-corrected chi connectivity index (χ0v) is 13.7. The van der Waals surface area contributed by atoms with Crippen molar-refractivity contribution in [1.82, 2.24) is 0 Å². The molecule has 0 aromatic heterocycles. The first-order chi connectivity index (χ1) is 9.52. The van der Waals surface area contributed by atoms with Gasteiger partial charge in [-0.1, -0.05) is 39.1 Å². The van der Waals surface area contributed by atoms with Gasteiger partial charge in [0.1, 0.15) is 5.75 Å². The molecule has 20 heavy (non-hydrogen) atoms. The van der Waals surface area contributed by atoms with E-state index in [0.29, 0.717) is 33.5 Å². The van der Waals surface area contributed by atoms with Crippen LogP contribution in [-0.2, 0) is 0 Å². The van der Waals surface area contributed by atoms with Gasteiger partial charge in [-0.25, -0.2) is 0 Å². The molecule has 0 atom stereocenters. The number of ether oxygens (including phenoxy) is 1. The standard InChI is InChI=1S/C15H11BrCl2O2/c1-2-20-14-6-3-9(16)7-12(14)15(19)11-5-4-10(17)8-13(11)18/h3-8H,2H2,1H3. The Morgan fingerprint density at radius 2 is 1.90 bits per heavy atom.